The molecule has 6 rings (SSSR count). The quantitative estimate of drug-likeness (QED) is 0.261. The van der Waals surface area contributed by atoms with E-state index < -0.39 is 5.76 Å². The summed E-state index contributed by atoms with van der Waals surface area (Å²) in [6.45, 7) is 5.17. The van der Waals surface area contributed by atoms with Gasteiger partial charge in [0.15, 0.2) is 5.82 Å². The predicted molar refractivity (Wildman–Crippen MR) is 156 cm³/mol. The molecule has 3 aromatic heterocycles. The third-order valence-corrected chi connectivity index (χ3v) is 9.09. The van der Waals surface area contributed by atoms with Crippen molar-refractivity contribution in [3.8, 4) is 22.9 Å². The van der Waals surface area contributed by atoms with Gasteiger partial charge in [-0.25, -0.2) is 19.2 Å². The molecule has 1 aromatic carbocycles. The van der Waals surface area contributed by atoms with E-state index in [0.29, 0.717) is 33.8 Å². The summed E-state index contributed by atoms with van der Waals surface area (Å²) in [5.74, 6) is 0.611. The van der Waals surface area contributed by atoms with E-state index in [-0.39, 0.29) is 34.7 Å². The highest BCUT2D eigenvalue weighted by atomic mass is 35.5. The Morgan fingerprint density at radius 2 is 1.95 bits per heavy atom. The lowest BCUT2D eigenvalue weighted by Gasteiger charge is -2.41. The minimum Gasteiger partial charge on any atom is -0.382 e. The summed E-state index contributed by atoms with van der Waals surface area (Å²) in [5, 5.41) is 4.21. The number of hydrogen-bond donors (Lipinski definition) is 2. The number of nitrogens with zero attached hydrogens (tertiary/aromatic N) is 5. The third-order valence-electron chi connectivity index (χ3n) is 8.89. The van der Waals surface area contributed by atoms with Gasteiger partial charge >= 0.3 is 5.76 Å². The Balaban J connectivity index is 1.52. The summed E-state index contributed by atoms with van der Waals surface area (Å²) >= 11 is 6.37. The molecule has 0 amide bonds. The first-order chi connectivity index (χ1) is 19.7. The number of anilines is 2. The Hall–Kier alpha value is -3.79. The molecule has 2 aliphatic carbocycles. The summed E-state index contributed by atoms with van der Waals surface area (Å²) in [7, 11) is 0. The molecular weight excluding hydrogens is 545 g/mol. The first-order valence-electron chi connectivity index (χ1n) is 14.1. The molecule has 11 heteroatoms. The van der Waals surface area contributed by atoms with Crippen LogP contribution in [0.3, 0.4) is 0 Å². The van der Waals surface area contributed by atoms with Crippen LogP contribution in [0.1, 0.15) is 57.9 Å². The monoisotopic (exact) mass is 577 g/mol. The molecule has 3 N–H and O–H groups in total. The number of nitrogens with one attached hydrogen (secondary N) is 1. The lowest BCUT2D eigenvalue weighted by atomic mass is 9.81. The van der Waals surface area contributed by atoms with Crippen molar-refractivity contribution in [3.63, 3.8) is 0 Å². The van der Waals surface area contributed by atoms with E-state index in [9.17, 15) is 4.79 Å². The molecule has 41 heavy (non-hydrogen) atoms. The number of hydrogen-bond acceptors (Lipinski definition) is 8. The second-order valence-corrected chi connectivity index (χ2v) is 12.0. The van der Waals surface area contributed by atoms with Gasteiger partial charge in [-0.2, -0.15) is 0 Å². The summed E-state index contributed by atoms with van der Waals surface area (Å²) < 4.78 is 19.9. The molecule has 214 valence electrons. The van der Waals surface area contributed by atoms with Crippen molar-refractivity contribution in [1.29, 1.82) is 0 Å². The Labute approximate surface area is 242 Å². The fourth-order valence-corrected chi connectivity index (χ4v) is 6.55. The van der Waals surface area contributed by atoms with Crippen molar-refractivity contribution in [2.24, 2.45) is 11.8 Å². The van der Waals surface area contributed by atoms with Gasteiger partial charge in [0, 0.05) is 36.0 Å². The molecule has 0 radical (unpaired) electrons. The number of benzene rings is 1. The average molecular weight is 578 g/mol. The zero-order chi connectivity index (χ0) is 28.7. The molecule has 2 aliphatic rings. The maximum Gasteiger partial charge on any atom is 0.439 e. The molecule has 9 nitrogen and oxygen atoms in total. The van der Waals surface area contributed by atoms with Crippen molar-refractivity contribution in [2.75, 3.05) is 17.2 Å². The fourth-order valence-electron chi connectivity index (χ4n) is 6.37. The normalized spacial score (nSPS) is 20.5. The molecule has 2 fully saturated rings. The van der Waals surface area contributed by atoms with Crippen LogP contribution in [0, 0.1) is 17.7 Å². The summed E-state index contributed by atoms with van der Waals surface area (Å²) in [6.07, 6.45) is 9.48. The van der Waals surface area contributed by atoms with Gasteiger partial charge in [0.1, 0.15) is 17.2 Å². The highest BCUT2D eigenvalue weighted by Gasteiger charge is 2.53. The fraction of sp³-hybridized carbons (Fsp3) is 0.433. The predicted octanol–water partition coefficient (Wildman–Crippen LogP) is 6.01. The maximum absolute atomic E-state index is 15.2. The van der Waals surface area contributed by atoms with Gasteiger partial charge in [0.05, 0.1) is 5.02 Å². The second kappa shape index (κ2) is 10.9. The number of nitrogens with two attached hydrogens (primary N) is 1. The van der Waals surface area contributed by atoms with Crippen LogP contribution in [-0.4, -0.2) is 37.7 Å². The third kappa shape index (κ3) is 5.32. The van der Waals surface area contributed by atoms with Crippen LogP contribution in [-0.2, 0) is 5.41 Å². The topological polar surface area (TPSA) is 127 Å². The van der Waals surface area contributed by atoms with E-state index in [1.54, 1.807) is 24.5 Å². The standard InChI is InChI=1S/C30H33ClFN7O2/c1-17-7-9-19(10-8-17)16-39(18(2)30(11-12-30)22-5-3-4-6-23(22)32)25-24(20-13-21(31)15-34-14-20)35-27(36-26(25)33)28-37-29(40)41-38-28/h3-6,13-15,17-19H,7-12,16H2,1-2H3,(H2,33,35,36)(H,37,38,40). The largest absolute Gasteiger partial charge is 0.439 e. The SMILES string of the molecule is CC1CCC(CN(c2c(N)nc(-c3noc(=O)[nH]3)nc2-c2cncc(Cl)c2)C(C)C2(c3ccccc3F)CC2)CC1. The zero-order valence-corrected chi connectivity index (χ0v) is 23.9. The Morgan fingerprint density at radius 3 is 2.61 bits per heavy atom. The van der Waals surface area contributed by atoms with Gasteiger partial charge in [0.2, 0.25) is 11.6 Å². The van der Waals surface area contributed by atoms with Crippen LogP contribution in [0.5, 0.6) is 0 Å². The van der Waals surface area contributed by atoms with Crippen molar-refractivity contribution < 1.29 is 8.91 Å². The lowest BCUT2D eigenvalue weighted by molar-refractivity contribution is 0.284. The average Bonchev–Trinajstić information content (AvgIpc) is 3.65. The van der Waals surface area contributed by atoms with Gasteiger partial charge in [-0.1, -0.05) is 54.7 Å². The molecular formula is C30H33ClFN7O2. The van der Waals surface area contributed by atoms with Gasteiger partial charge in [0.25, 0.3) is 0 Å². The van der Waals surface area contributed by atoms with Crippen LogP contribution in [0.2, 0.25) is 5.02 Å². The minimum atomic E-state index is -0.723. The molecule has 2 saturated carbocycles. The number of pyridine rings is 1. The second-order valence-electron chi connectivity index (χ2n) is 11.6. The van der Waals surface area contributed by atoms with Crippen LogP contribution in [0.4, 0.5) is 15.9 Å². The van der Waals surface area contributed by atoms with Crippen LogP contribution in [0.15, 0.2) is 52.0 Å². The molecule has 1 unspecified atom stereocenters. The highest BCUT2D eigenvalue weighted by Crippen LogP contribution is 2.55. The Morgan fingerprint density at radius 1 is 1.20 bits per heavy atom. The molecule has 1 atom stereocenters. The van der Waals surface area contributed by atoms with Crippen LogP contribution in [0.25, 0.3) is 22.9 Å². The van der Waals surface area contributed by atoms with E-state index in [2.05, 4.69) is 38.9 Å². The number of H-pyrrole nitrogens is 1. The number of nitrogen functional groups attached to an aromatic ring is 1. The number of halogens is 2. The van der Waals surface area contributed by atoms with E-state index in [1.807, 2.05) is 12.1 Å². The van der Waals surface area contributed by atoms with E-state index >= 15 is 4.39 Å². The van der Waals surface area contributed by atoms with Crippen molar-refractivity contribution in [1.82, 2.24) is 25.1 Å². The summed E-state index contributed by atoms with van der Waals surface area (Å²) in [5.41, 5.74) is 8.89. The number of rotatable bonds is 8. The van der Waals surface area contributed by atoms with Crippen molar-refractivity contribution in [2.45, 2.75) is 63.8 Å². The van der Waals surface area contributed by atoms with E-state index in [1.165, 1.54) is 18.9 Å². The maximum atomic E-state index is 15.2. The Kier molecular flexibility index (Phi) is 7.27. The number of aromatic nitrogens is 5. The molecule has 0 spiro atoms. The Bertz CT molecular complexity index is 1610. The van der Waals surface area contributed by atoms with Gasteiger partial charge in [-0.3, -0.25) is 14.5 Å². The molecule has 4 aromatic rings. The summed E-state index contributed by atoms with van der Waals surface area (Å²) in [4.78, 5) is 30.2. The van der Waals surface area contributed by atoms with Crippen molar-refractivity contribution in [3.05, 3.63) is 69.7 Å². The van der Waals surface area contributed by atoms with Gasteiger partial charge in [-0.15, -0.1) is 0 Å². The van der Waals surface area contributed by atoms with E-state index in [0.717, 1.165) is 37.8 Å². The summed E-state index contributed by atoms with van der Waals surface area (Å²) in [6, 6.07) is 8.70. The lowest BCUT2D eigenvalue weighted by Crippen LogP contribution is -2.46. The van der Waals surface area contributed by atoms with E-state index in [4.69, 9.17) is 26.8 Å². The first kappa shape index (κ1) is 27.4. The van der Waals surface area contributed by atoms with Crippen LogP contribution < -0.4 is 16.4 Å². The van der Waals surface area contributed by atoms with Gasteiger partial charge < -0.3 is 10.6 Å². The zero-order valence-electron chi connectivity index (χ0n) is 23.1. The molecule has 3 heterocycles. The number of aromatic amines is 1. The molecule has 0 saturated heterocycles. The van der Waals surface area contributed by atoms with Crippen molar-refractivity contribution >= 4 is 23.1 Å². The smallest absolute Gasteiger partial charge is 0.382 e. The highest BCUT2D eigenvalue weighted by molar-refractivity contribution is 6.30. The van der Waals surface area contributed by atoms with Crippen LogP contribution >= 0.6 is 11.6 Å². The molecule has 0 bridgehead atoms. The van der Waals surface area contributed by atoms with Gasteiger partial charge in [-0.05, 0) is 62.1 Å². The first-order valence-corrected chi connectivity index (χ1v) is 14.5. The minimum absolute atomic E-state index is 0.0652. The molecule has 0 aliphatic heterocycles.